The van der Waals surface area contributed by atoms with Crippen molar-refractivity contribution in [3.05, 3.63) is 18.6 Å². The quantitative estimate of drug-likeness (QED) is 0.899. The molecule has 1 saturated heterocycles. The van der Waals surface area contributed by atoms with Crippen molar-refractivity contribution in [3.8, 4) is 6.07 Å². The van der Waals surface area contributed by atoms with Crippen molar-refractivity contribution in [2.45, 2.75) is 12.8 Å². The van der Waals surface area contributed by atoms with Crippen molar-refractivity contribution in [1.82, 2.24) is 24.9 Å². The smallest absolute Gasteiger partial charge is 0.236 e. The van der Waals surface area contributed by atoms with Crippen LogP contribution in [0.2, 0.25) is 0 Å². The zero-order valence-electron chi connectivity index (χ0n) is 13.1. The first-order chi connectivity index (χ1) is 11.2. The molecule has 8 nitrogen and oxygen atoms in total. The van der Waals surface area contributed by atoms with E-state index in [9.17, 15) is 4.79 Å². The Balaban J connectivity index is 1.73. The van der Waals surface area contributed by atoms with E-state index in [1.54, 1.807) is 11.2 Å². The van der Waals surface area contributed by atoms with Crippen LogP contribution in [-0.2, 0) is 4.79 Å². The number of hydrazine groups is 1. The molecule has 2 aromatic heterocycles. The maximum Gasteiger partial charge on any atom is 0.236 e. The Labute approximate surface area is 134 Å². The Kier molecular flexibility index (Phi) is 4.39. The Morgan fingerprint density at radius 1 is 1.39 bits per heavy atom. The van der Waals surface area contributed by atoms with Gasteiger partial charge in [-0.3, -0.25) is 9.80 Å². The highest BCUT2D eigenvalue weighted by Gasteiger charge is 2.22. The largest absolute Gasteiger partial charge is 0.346 e. The van der Waals surface area contributed by atoms with Crippen molar-refractivity contribution < 1.29 is 4.79 Å². The average molecular weight is 313 g/mol. The number of rotatable bonds is 3. The van der Waals surface area contributed by atoms with Crippen molar-refractivity contribution in [2.24, 2.45) is 0 Å². The van der Waals surface area contributed by atoms with Crippen molar-refractivity contribution in [1.29, 1.82) is 5.26 Å². The maximum atomic E-state index is 11.9. The fourth-order valence-corrected chi connectivity index (χ4v) is 2.88. The van der Waals surface area contributed by atoms with Crippen LogP contribution in [0.3, 0.4) is 0 Å². The predicted octanol–water partition coefficient (Wildman–Crippen LogP) is 0.757. The lowest BCUT2D eigenvalue weighted by Gasteiger charge is -2.32. The number of aromatic nitrogens is 3. The Morgan fingerprint density at radius 3 is 3.09 bits per heavy atom. The first-order valence-corrected chi connectivity index (χ1v) is 7.62. The number of nitrogens with zero attached hydrogens (tertiary/aromatic N) is 6. The number of fused-ring (bicyclic) bond motifs is 1. The SMILES string of the molecule is CN(c1ncnc2[nH]ccc12)N1CCCN(C(=O)CC#N)CC1. The van der Waals surface area contributed by atoms with Crippen LogP contribution in [0.1, 0.15) is 12.8 Å². The molecule has 0 atom stereocenters. The number of hydrogen-bond donors (Lipinski definition) is 1. The van der Waals surface area contributed by atoms with Gasteiger partial charge >= 0.3 is 0 Å². The maximum absolute atomic E-state index is 11.9. The number of hydrogen-bond acceptors (Lipinski definition) is 6. The number of anilines is 1. The highest BCUT2D eigenvalue weighted by molar-refractivity contribution is 5.86. The molecule has 1 fully saturated rings. The first-order valence-electron chi connectivity index (χ1n) is 7.62. The van der Waals surface area contributed by atoms with Gasteiger partial charge in [-0.15, -0.1) is 0 Å². The molecule has 0 aliphatic carbocycles. The lowest BCUT2D eigenvalue weighted by Crippen LogP contribution is -2.43. The molecule has 1 aliphatic rings. The van der Waals surface area contributed by atoms with E-state index in [0.717, 1.165) is 29.8 Å². The first kappa shape index (κ1) is 15.2. The monoisotopic (exact) mass is 313 g/mol. The van der Waals surface area contributed by atoms with E-state index in [1.165, 1.54) is 0 Å². The van der Waals surface area contributed by atoms with Gasteiger partial charge in [0, 0.05) is 39.4 Å². The van der Waals surface area contributed by atoms with Crippen molar-refractivity contribution in [2.75, 3.05) is 38.2 Å². The topological polar surface area (TPSA) is 92.2 Å². The van der Waals surface area contributed by atoms with Gasteiger partial charge in [0.05, 0.1) is 11.5 Å². The Bertz CT molecular complexity index is 735. The van der Waals surface area contributed by atoms with Crippen LogP contribution in [0, 0.1) is 11.3 Å². The molecular weight excluding hydrogens is 294 g/mol. The van der Waals surface area contributed by atoms with E-state index in [1.807, 2.05) is 30.4 Å². The molecule has 0 aromatic carbocycles. The average Bonchev–Trinajstić information content (AvgIpc) is 2.90. The number of carbonyl (C=O) groups excluding carboxylic acids is 1. The summed E-state index contributed by atoms with van der Waals surface area (Å²) in [6, 6.07) is 3.89. The van der Waals surface area contributed by atoms with Crippen LogP contribution in [0.4, 0.5) is 5.82 Å². The molecule has 1 aliphatic heterocycles. The molecule has 0 spiro atoms. The lowest BCUT2D eigenvalue weighted by molar-refractivity contribution is -0.130. The third kappa shape index (κ3) is 3.10. The normalized spacial score (nSPS) is 16.1. The van der Waals surface area contributed by atoms with Gasteiger partial charge in [-0.2, -0.15) is 5.26 Å². The number of aromatic amines is 1. The highest BCUT2D eigenvalue weighted by Crippen LogP contribution is 2.22. The number of nitriles is 1. The predicted molar refractivity (Wildman–Crippen MR) is 85.3 cm³/mol. The molecule has 120 valence electrons. The van der Waals surface area contributed by atoms with E-state index in [2.05, 4.69) is 20.0 Å². The summed E-state index contributed by atoms with van der Waals surface area (Å²) in [5.41, 5.74) is 0.808. The minimum Gasteiger partial charge on any atom is -0.346 e. The van der Waals surface area contributed by atoms with Gasteiger partial charge in [0.1, 0.15) is 18.4 Å². The summed E-state index contributed by atoms with van der Waals surface area (Å²) in [4.78, 5) is 25.3. The number of H-pyrrole nitrogens is 1. The molecule has 3 heterocycles. The van der Waals surface area contributed by atoms with Gasteiger partial charge in [-0.1, -0.05) is 0 Å². The van der Waals surface area contributed by atoms with Crippen LogP contribution in [0.5, 0.6) is 0 Å². The number of carbonyl (C=O) groups is 1. The van der Waals surface area contributed by atoms with Gasteiger partial charge in [0.2, 0.25) is 5.91 Å². The van der Waals surface area contributed by atoms with E-state index >= 15 is 0 Å². The Hall–Kier alpha value is -2.66. The second-order valence-corrected chi connectivity index (χ2v) is 5.48. The molecule has 0 radical (unpaired) electrons. The van der Waals surface area contributed by atoms with Gasteiger partial charge in [0.15, 0.2) is 5.82 Å². The third-order valence-corrected chi connectivity index (χ3v) is 4.12. The van der Waals surface area contributed by atoms with E-state index in [0.29, 0.717) is 19.6 Å². The van der Waals surface area contributed by atoms with Gasteiger partial charge in [-0.25, -0.2) is 15.0 Å². The fraction of sp³-hybridized carbons (Fsp3) is 0.467. The molecule has 0 unspecified atom stereocenters. The molecule has 1 N–H and O–H groups in total. The zero-order chi connectivity index (χ0) is 16.2. The highest BCUT2D eigenvalue weighted by atomic mass is 16.2. The third-order valence-electron chi connectivity index (χ3n) is 4.12. The Morgan fingerprint density at radius 2 is 2.26 bits per heavy atom. The second-order valence-electron chi connectivity index (χ2n) is 5.48. The van der Waals surface area contributed by atoms with E-state index in [-0.39, 0.29) is 12.3 Å². The van der Waals surface area contributed by atoms with Crippen LogP contribution in [0.15, 0.2) is 18.6 Å². The summed E-state index contributed by atoms with van der Waals surface area (Å²) in [5.74, 6) is 0.750. The molecule has 2 aromatic rings. The van der Waals surface area contributed by atoms with E-state index < -0.39 is 0 Å². The molecule has 3 rings (SSSR count). The lowest BCUT2D eigenvalue weighted by atomic mass is 10.3. The van der Waals surface area contributed by atoms with Crippen molar-refractivity contribution >= 4 is 22.8 Å². The van der Waals surface area contributed by atoms with E-state index in [4.69, 9.17) is 5.26 Å². The van der Waals surface area contributed by atoms with Gasteiger partial charge < -0.3 is 9.88 Å². The molecular formula is C15H19N7O. The molecule has 0 bridgehead atoms. The molecule has 8 heteroatoms. The van der Waals surface area contributed by atoms with Crippen LogP contribution < -0.4 is 5.01 Å². The minimum absolute atomic E-state index is 0.0499. The minimum atomic E-state index is -0.0907. The zero-order valence-corrected chi connectivity index (χ0v) is 13.1. The second kappa shape index (κ2) is 6.62. The van der Waals surface area contributed by atoms with Crippen LogP contribution in [-0.4, -0.2) is 64.0 Å². The summed E-state index contributed by atoms with van der Waals surface area (Å²) in [5, 5.41) is 13.8. The van der Waals surface area contributed by atoms with Crippen molar-refractivity contribution in [3.63, 3.8) is 0 Å². The summed E-state index contributed by atoms with van der Waals surface area (Å²) >= 11 is 0. The summed E-state index contributed by atoms with van der Waals surface area (Å²) < 4.78 is 0. The fourth-order valence-electron chi connectivity index (χ4n) is 2.88. The van der Waals surface area contributed by atoms with Crippen LogP contribution >= 0.6 is 0 Å². The van der Waals surface area contributed by atoms with Gasteiger partial charge in [0.25, 0.3) is 0 Å². The summed E-state index contributed by atoms with van der Waals surface area (Å²) in [7, 11) is 1.97. The van der Waals surface area contributed by atoms with Gasteiger partial charge in [-0.05, 0) is 12.5 Å². The molecule has 0 saturated carbocycles. The summed E-state index contributed by atoms with van der Waals surface area (Å²) in [6.45, 7) is 2.85. The van der Waals surface area contributed by atoms with Crippen LogP contribution in [0.25, 0.3) is 11.0 Å². The standard InChI is InChI=1S/C15H19N7O/c1-20(15-12-4-6-17-14(12)18-11-19-15)22-8-2-7-21(9-10-22)13(23)3-5-16/h4,6,11H,2-3,7-10H2,1H3,(H,17,18,19). The number of amides is 1. The molecule has 23 heavy (non-hydrogen) atoms. The summed E-state index contributed by atoms with van der Waals surface area (Å²) in [6.07, 6.45) is 4.21. The molecule has 1 amide bonds. The number of nitrogens with one attached hydrogen (secondary N) is 1.